The highest BCUT2D eigenvalue weighted by Gasteiger charge is 2.31. The van der Waals surface area contributed by atoms with E-state index in [4.69, 9.17) is 9.26 Å². The number of aliphatic imine (C=N–C) groups is 1. The zero-order valence-corrected chi connectivity index (χ0v) is 24.7. The summed E-state index contributed by atoms with van der Waals surface area (Å²) in [5.74, 6) is -0.330. The maximum atomic E-state index is 13.6. The van der Waals surface area contributed by atoms with Crippen molar-refractivity contribution in [3.8, 4) is 17.1 Å². The van der Waals surface area contributed by atoms with Gasteiger partial charge in [-0.05, 0) is 53.6 Å². The Bertz CT molecular complexity index is 1670. The van der Waals surface area contributed by atoms with Crippen LogP contribution in [-0.4, -0.2) is 34.3 Å². The van der Waals surface area contributed by atoms with Crippen LogP contribution in [0.2, 0.25) is 0 Å². The first-order chi connectivity index (χ1) is 21.6. The Morgan fingerprint density at radius 3 is 2.58 bits per heavy atom. The molecule has 2 aromatic heterocycles. The lowest BCUT2D eigenvalue weighted by molar-refractivity contribution is -0.754. The van der Waals surface area contributed by atoms with Gasteiger partial charge in [-0.2, -0.15) is 18.2 Å². The molecule has 236 valence electrons. The van der Waals surface area contributed by atoms with E-state index in [1.165, 1.54) is 24.1 Å². The van der Waals surface area contributed by atoms with E-state index >= 15 is 0 Å². The van der Waals surface area contributed by atoms with Crippen LogP contribution in [0.4, 0.5) is 35.2 Å². The van der Waals surface area contributed by atoms with E-state index in [0.717, 1.165) is 66.6 Å². The van der Waals surface area contributed by atoms with Gasteiger partial charge in [-0.25, -0.2) is 9.78 Å². The van der Waals surface area contributed by atoms with Gasteiger partial charge in [-0.1, -0.05) is 56.4 Å². The number of anilines is 2. The summed E-state index contributed by atoms with van der Waals surface area (Å²) in [6.07, 6.45) is 3.61. The van der Waals surface area contributed by atoms with Crippen molar-refractivity contribution in [2.45, 2.75) is 58.2 Å². The molecule has 2 heterocycles. The molecule has 45 heavy (non-hydrogen) atoms. The molecule has 0 radical (unpaired) electrons. The van der Waals surface area contributed by atoms with Crippen LogP contribution in [0.5, 0.6) is 6.01 Å². The summed E-state index contributed by atoms with van der Waals surface area (Å²) in [5, 5.41) is 21.1. The van der Waals surface area contributed by atoms with Crippen molar-refractivity contribution >= 4 is 29.2 Å². The molecule has 2 amide bonds. The highest BCUT2D eigenvalue weighted by Crippen LogP contribution is 2.35. The van der Waals surface area contributed by atoms with Gasteiger partial charge in [0.15, 0.2) is 0 Å². The molecule has 0 spiro atoms. The van der Waals surface area contributed by atoms with E-state index in [2.05, 4.69) is 30.9 Å². The average Bonchev–Trinajstić information content (AvgIpc) is 3.43. The normalized spacial score (nSPS) is 14.3. The number of aryl methyl sites for hydroxylation is 1. The molecule has 0 unspecified atom stereocenters. The summed E-state index contributed by atoms with van der Waals surface area (Å²) in [4.78, 5) is 25.0. The summed E-state index contributed by atoms with van der Waals surface area (Å²) >= 11 is 0. The maximum absolute atomic E-state index is 13.6. The van der Waals surface area contributed by atoms with Crippen LogP contribution in [0.3, 0.4) is 0 Å². The molecule has 1 saturated carbocycles. The smallest absolute Gasteiger partial charge is 0.416 e. The number of amides is 2. The number of aromatic nitrogens is 4. The van der Waals surface area contributed by atoms with Crippen molar-refractivity contribution in [2.75, 3.05) is 17.7 Å². The second-order valence-corrected chi connectivity index (χ2v) is 10.9. The average molecular weight is 624 g/mol. The third-order valence-electron chi connectivity index (χ3n) is 7.44. The molecule has 1 fully saturated rings. The second-order valence-electron chi connectivity index (χ2n) is 10.9. The fourth-order valence-corrected chi connectivity index (χ4v) is 5.23. The Labute approximate surface area is 257 Å². The number of carbonyl (C=O) groups excluding carboxylic acids is 1. The predicted octanol–water partition coefficient (Wildman–Crippen LogP) is 5.81. The van der Waals surface area contributed by atoms with Crippen LogP contribution >= 0.6 is 0 Å². The number of hydrogen-bond donors (Lipinski definition) is 2. The number of alkyl halides is 3. The van der Waals surface area contributed by atoms with Crippen LogP contribution in [0.25, 0.3) is 11.1 Å². The molecule has 1 aliphatic carbocycles. The van der Waals surface area contributed by atoms with Gasteiger partial charge < -0.3 is 15.2 Å². The van der Waals surface area contributed by atoms with Crippen molar-refractivity contribution in [1.82, 2.24) is 15.2 Å². The first-order valence-corrected chi connectivity index (χ1v) is 14.4. The quantitative estimate of drug-likeness (QED) is 0.136. The van der Waals surface area contributed by atoms with Gasteiger partial charge in [-0.3, -0.25) is 14.8 Å². The molecule has 0 aliphatic heterocycles. The summed E-state index contributed by atoms with van der Waals surface area (Å²) in [6, 6.07) is 9.84. The standard InChI is InChI=1S/C31H32F3N7O4/c1-19-26(16-35-30(36-19)44-2)22-10-8-21(9-11-22)17-41-18-28(45-40-41)39-29(43)38-25-14-23(31(32,33)34)13-24(15-25)37-27(42)12-20-6-4-3-5-7-20/h8-11,13-16,18,20H,3-7,12,17H2,1-2H3,(H2-,37,38,39,40,42,43). The fourth-order valence-electron chi connectivity index (χ4n) is 5.23. The van der Waals surface area contributed by atoms with Gasteiger partial charge >= 0.3 is 24.1 Å². The van der Waals surface area contributed by atoms with Crippen LogP contribution < -0.4 is 25.2 Å². The summed E-state index contributed by atoms with van der Waals surface area (Å²) in [5.41, 5.74) is 2.04. The van der Waals surface area contributed by atoms with Crippen LogP contribution in [0, 0.1) is 12.8 Å². The van der Waals surface area contributed by atoms with Gasteiger partial charge in [0.2, 0.25) is 11.8 Å². The molecule has 2 N–H and O–H groups in total. The van der Waals surface area contributed by atoms with Gasteiger partial charge in [0.1, 0.15) is 0 Å². The number of rotatable bonds is 9. The van der Waals surface area contributed by atoms with Gasteiger partial charge in [0.25, 0.3) is 6.20 Å². The molecule has 1 aliphatic rings. The van der Waals surface area contributed by atoms with Gasteiger partial charge in [-0.15, -0.1) is 0 Å². The second kappa shape index (κ2) is 13.7. The highest BCUT2D eigenvalue weighted by molar-refractivity contribution is 5.99. The largest absolute Gasteiger partial charge is 0.862 e. The molecule has 0 atom stereocenters. The molecule has 2 aromatic carbocycles. The molecule has 11 nitrogen and oxygen atoms in total. The van der Waals surface area contributed by atoms with Crippen molar-refractivity contribution in [3.05, 3.63) is 71.7 Å². The molecule has 14 heteroatoms. The Kier molecular flexibility index (Phi) is 9.59. The molecule has 4 aromatic rings. The summed E-state index contributed by atoms with van der Waals surface area (Å²) < 4.78 is 52.4. The van der Waals surface area contributed by atoms with E-state index in [-0.39, 0.29) is 29.6 Å². The Balaban J connectivity index is 1.22. The SMILES string of the molecule is COc1ncc(-c2ccc(C[n+]3cc(NC(=O)Nc4cc(N=C([O-])CC5CCCCC5)cc(C(F)(F)F)c4)on3)cc2)c(C)n1. The number of methoxy groups -OCH3 is 1. The van der Waals surface area contributed by atoms with E-state index < -0.39 is 23.7 Å². The number of hydrogen-bond acceptors (Lipinski definition) is 8. The zero-order chi connectivity index (χ0) is 32.0. The Morgan fingerprint density at radius 2 is 1.89 bits per heavy atom. The predicted molar refractivity (Wildman–Crippen MR) is 157 cm³/mol. The van der Waals surface area contributed by atoms with E-state index in [0.29, 0.717) is 12.6 Å². The van der Waals surface area contributed by atoms with Gasteiger partial charge in [0.05, 0.1) is 24.1 Å². The number of nitrogens with zero attached hydrogens (tertiary/aromatic N) is 5. The minimum absolute atomic E-state index is 0.0327. The number of benzene rings is 2. The monoisotopic (exact) mass is 623 g/mol. The van der Waals surface area contributed by atoms with Crippen molar-refractivity contribution in [2.24, 2.45) is 10.9 Å². The first-order valence-electron chi connectivity index (χ1n) is 14.4. The van der Waals surface area contributed by atoms with Crippen molar-refractivity contribution < 1.29 is 37.0 Å². The zero-order valence-electron chi connectivity index (χ0n) is 24.7. The third kappa shape index (κ3) is 8.55. The molecular formula is C31H32F3N7O4. The molecular weight excluding hydrogens is 591 g/mol. The number of nitrogens with one attached hydrogen (secondary N) is 2. The number of carbonyl (C=O) groups is 1. The summed E-state index contributed by atoms with van der Waals surface area (Å²) in [6.45, 7) is 2.18. The molecule has 0 saturated heterocycles. The van der Waals surface area contributed by atoms with Crippen molar-refractivity contribution in [3.63, 3.8) is 0 Å². The minimum atomic E-state index is -4.71. The first kappa shape index (κ1) is 31.4. The molecule has 0 bridgehead atoms. The van der Waals surface area contributed by atoms with Crippen LogP contribution in [-0.2, 0) is 12.7 Å². The Hall–Kier alpha value is -5.01. The van der Waals surface area contributed by atoms with E-state index in [1.54, 1.807) is 6.20 Å². The Morgan fingerprint density at radius 1 is 1.13 bits per heavy atom. The number of ether oxygens (including phenoxy) is 1. The fraction of sp³-hybridized carbons (Fsp3) is 0.355. The highest BCUT2D eigenvalue weighted by atomic mass is 19.4. The molecule has 5 rings (SSSR count). The lowest BCUT2D eigenvalue weighted by Crippen LogP contribution is -2.35. The van der Waals surface area contributed by atoms with Crippen LogP contribution in [0.15, 0.2) is 64.4 Å². The van der Waals surface area contributed by atoms with Crippen LogP contribution in [0.1, 0.15) is 55.3 Å². The number of halogens is 3. The lowest BCUT2D eigenvalue weighted by Gasteiger charge is -2.24. The van der Waals surface area contributed by atoms with E-state index in [9.17, 15) is 23.1 Å². The lowest BCUT2D eigenvalue weighted by atomic mass is 9.87. The van der Waals surface area contributed by atoms with Crippen molar-refractivity contribution in [1.29, 1.82) is 0 Å². The topological polar surface area (TPSA) is 141 Å². The van der Waals surface area contributed by atoms with E-state index in [1.807, 2.05) is 31.2 Å². The van der Waals surface area contributed by atoms with Gasteiger partial charge in [0, 0.05) is 23.0 Å². The third-order valence-corrected chi connectivity index (χ3v) is 7.44. The maximum Gasteiger partial charge on any atom is 0.416 e. The minimum Gasteiger partial charge on any atom is -0.862 e. The summed E-state index contributed by atoms with van der Waals surface area (Å²) in [7, 11) is 1.50. The number of urea groups is 1.